The van der Waals surface area contributed by atoms with Gasteiger partial charge in [-0.2, -0.15) is 0 Å². The number of nitrogens with two attached hydrogens (primary N) is 2. The summed E-state index contributed by atoms with van der Waals surface area (Å²) in [6, 6.07) is 3.49. The normalized spacial score (nSPS) is 9.53. The quantitative estimate of drug-likeness (QED) is 0.279. The highest BCUT2D eigenvalue weighted by Crippen LogP contribution is 1.97. The Bertz CT molecular complexity index is 466. The van der Waals surface area contributed by atoms with Gasteiger partial charge in [0.05, 0.1) is 0 Å². The fourth-order valence-electron chi connectivity index (χ4n) is 0.847. The summed E-state index contributed by atoms with van der Waals surface area (Å²) in [5.41, 5.74) is 12.0. The summed E-state index contributed by atoms with van der Waals surface area (Å²) in [5.74, 6) is -2.53. The summed E-state index contributed by atoms with van der Waals surface area (Å²) >= 11 is 0. The molecule has 1 aromatic rings. The van der Waals surface area contributed by atoms with Crippen molar-refractivity contribution in [3.8, 4) is 0 Å². The minimum absolute atomic E-state index is 0.0198. The molecule has 1 aromatic heterocycles. The lowest BCUT2D eigenvalue weighted by Gasteiger charge is -1.97. The number of amidine groups is 1. The van der Waals surface area contributed by atoms with Crippen molar-refractivity contribution in [3.63, 3.8) is 0 Å². The minimum atomic E-state index is -1.26. The average Bonchev–Trinajstić information content (AvgIpc) is 2.37. The van der Waals surface area contributed by atoms with Gasteiger partial charge in [-0.05, 0) is 11.6 Å². The lowest BCUT2D eigenvalue weighted by Crippen LogP contribution is -2.13. The number of rotatable bonds is 4. The average molecular weight is 266 g/mol. The predicted octanol–water partition coefficient (Wildman–Crippen LogP) is -0.464. The first-order valence-electron chi connectivity index (χ1n) is 5.00. The van der Waals surface area contributed by atoms with E-state index in [1.165, 1.54) is 0 Å². The van der Waals surface area contributed by atoms with Gasteiger partial charge in [0, 0.05) is 24.9 Å². The number of hydrogen-bond donors (Lipinski definition) is 5. The van der Waals surface area contributed by atoms with Crippen LogP contribution in [0.25, 0.3) is 0 Å². The van der Waals surface area contributed by atoms with Gasteiger partial charge in [-0.15, -0.1) is 0 Å². The summed E-state index contributed by atoms with van der Waals surface area (Å²) in [7, 11) is 0. The summed E-state index contributed by atoms with van der Waals surface area (Å²) in [4.78, 5) is 23.0. The fourth-order valence-corrected chi connectivity index (χ4v) is 0.847. The third-order valence-corrected chi connectivity index (χ3v) is 1.70. The van der Waals surface area contributed by atoms with E-state index in [0.717, 1.165) is 5.56 Å². The van der Waals surface area contributed by atoms with Crippen LogP contribution in [0.15, 0.2) is 30.5 Å². The van der Waals surface area contributed by atoms with Gasteiger partial charge in [-0.25, -0.2) is 9.59 Å². The third-order valence-electron chi connectivity index (χ3n) is 1.70. The third kappa shape index (κ3) is 8.05. The number of aliphatic carboxylic acids is 2. The lowest BCUT2D eigenvalue weighted by atomic mass is 10.2. The molecule has 0 amide bonds. The van der Waals surface area contributed by atoms with Gasteiger partial charge in [0.1, 0.15) is 11.5 Å². The monoisotopic (exact) mass is 266 g/mol. The molecule has 0 aliphatic rings. The van der Waals surface area contributed by atoms with Crippen LogP contribution in [-0.4, -0.2) is 33.0 Å². The van der Waals surface area contributed by atoms with E-state index >= 15 is 0 Å². The smallest absolute Gasteiger partial charge is 0.328 e. The Balaban J connectivity index is 0.000000362. The molecule has 102 valence electrons. The van der Waals surface area contributed by atoms with Crippen LogP contribution >= 0.6 is 0 Å². The van der Waals surface area contributed by atoms with Crippen LogP contribution in [0.2, 0.25) is 0 Å². The molecule has 7 N–H and O–H groups in total. The van der Waals surface area contributed by atoms with Gasteiger partial charge in [0.25, 0.3) is 0 Å². The number of hydrogen-bond acceptors (Lipinski definition) is 5. The maximum absolute atomic E-state index is 9.55. The molecule has 1 rings (SSSR count). The molecular weight excluding hydrogens is 252 g/mol. The van der Waals surface area contributed by atoms with E-state index in [2.05, 4.69) is 4.98 Å². The van der Waals surface area contributed by atoms with Crippen LogP contribution in [-0.2, 0) is 16.1 Å². The van der Waals surface area contributed by atoms with E-state index in [4.69, 9.17) is 27.1 Å². The largest absolute Gasteiger partial charge is 0.478 e. The molecule has 0 radical (unpaired) electrons. The van der Waals surface area contributed by atoms with Gasteiger partial charge >= 0.3 is 11.9 Å². The maximum atomic E-state index is 9.55. The molecule has 0 aromatic carbocycles. The second-order valence-corrected chi connectivity index (χ2v) is 3.18. The summed E-state index contributed by atoms with van der Waals surface area (Å²) in [6.07, 6.45) is 2.74. The number of nitrogen functional groups attached to an aromatic ring is 1. The molecule has 8 nitrogen and oxygen atoms in total. The first-order valence-corrected chi connectivity index (χ1v) is 5.00. The Morgan fingerprint density at radius 1 is 1.26 bits per heavy atom. The van der Waals surface area contributed by atoms with E-state index < -0.39 is 11.9 Å². The van der Waals surface area contributed by atoms with E-state index in [9.17, 15) is 9.59 Å². The van der Waals surface area contributed by atoms with Crippen molar-refractivity contribution >= 4 is 17.8 Å². The first-order chi connectivity index (χ1) is 8.86. The van der Waals surface area contributed by atoms with Gasteiger partial charge < -0.3 is 21.7 Å². The van der Waals surface area contributed by atoms with E-state index in [-0.39, 0.29) is 5.84 Å². The molecule has 0 saturated carbocycles. The highest BCUT2D eigenvalue weighted by Gasteiger charge is 1.95. The summed E-state index contributed by atoms with van der Waals surface area (Å²) in [6.45, 7) is 0.463. The fraction of sp³-hybridized carbons (Fsp3) is 0.0909. The van der Waals surface area contributed by atoms with E-state index in [1.807, 2.05) is 6.07 Å². The zero-order valence-electron chi connectivity index (χ0n) is 9.91. The van der Waals surface area contributed by atoms with Crippen molar-refractivity contribution in [2.75, 3.05) is 0 Å². The van der Waals surface area contributed by atoms with Crippen LogP contribution < -0.4 is 11.5 Å². The van der Waals surface area contributed by atoms with Gasteiger partial charge in [0.15, 0.2) is 0 Å². The molecule has 0 atom stereocenters. The van der Waals surface area contributed by atoms with Gasteiger partial charge in [-0.1, -0.05) is 6.07 Å². The molecule has 0 aliphatic carbocycles. The number of aromatic nitrogens is 1. The van der Waals surface area contributed by atoms with Crippen molar-refractivity contribution in [2.45, 2.75) is 6.54 Å². The van der Waals surface area contributed by atoms with Crippen LogP contribution in [0.5, 0.6) is 0 Å². The zero-order chi connectivity index (χ0) is 14.8. The van der Waals surface area contributed by atoms with Crippen molar-refractivity contribution < 1.29 is 19.8 Å². The second kappa shape index (κ2) is 8.37. The van der Waals surface area contributed by atoms with Crippen LogP contribution in [0.4, 0.5) is 0 Å². The molecule has 8 heteroatoms. The lowest BCUT2D eigenvalue weighted by molar-refractivity contribution is -0.134. The van der Waals surface area contributed by atoms with Crippen molar-refractivity contribution in [3.05, 3.63) is 41.7 Å². The number of carboxylic acids is 2. The molecule has 0 bridgehead atoms. The Morgan fingerprint density at radius 2 is 1.79 bits per heavy atom. The molecule has 0 saturated heterocycles. The zero-order valence-corrected chi connectivity index (χ0v) is 9.91. The first kappa shape index (κ1) is 16.3. The molecule has 19 heavy (non-hydrogen) atoms. The van der Waals surface area contributed by atoms with Crippen LogP contribution in [0.3, 0.4) is 0 Å². The number of carbonyl (C=O) groups is 2. The standard InChI is InChI=1S/C7H10N4.C4H4O4/c8-3-5-1-2-6(7(9)10)11-4-5;5-3(6)1-2-4(7)8/h1-2,4H,3,8H2,(H3,9,10);1-2H,(H,5,6)(H,7,8)/b;2-1+. The molecular formula is C11H14N4O4. The molecule has 0 unspecified atom stereocenters. The van der Waals surface area contributed by atoms with Crippen molar-refractivity contribution in [1.29, 1.82) is 5.41 Å². The Kier molecular flexibility index (Phi) is 7.16. The van der Waals surface area contributed by atoms with Gasteiger partial charge in [-0.3, -0.25) is 10.4 Å². The van der Waals surface area contributed by atoms with Crippen LogP contribution in [0, 0.1) is 5.41 Å². The Labute approximate surface area is 108 Å². The molecule has 0 aliphatic heterocycles. The number of nitrogens with one attached hydrogen (secondary N) is 1. The highest BCUT2D eigenvalue weighted by molar-refractivity contribution is 5.92. The highest BCUT2D eigenvalue weighted by atomic mass is 16.4. The second-order valence-electron chi connectivity index (χ2n) is 3.18. The molecule has 1 heterocycles. The van der Waals surface area contributed by atoms with Crippen molar-refractivity contribution in [2.24, 2.45) is 11.5 Å². The van der Waals surface area contributed by atoms with Crippen molar-refractivity contribution in [1.82, 2.24) is 4.98 Å². The Hall–Kier alpha value is -2.74. The SMILES string of the molecule is N=C(N)c1ccc(CN)cn1.O=C(O)/C=C/C(=O)O. The predicted molar refractivity (Wildman–Crippen MR) is 67.6 cm³/mol. The number of pyridine rings is 1. The Morgan fingerprint density at radius 3 is 2.05 bits per heavy atom. The van der Waals surface area contributed by atoms with E-state index in [0.29, 0.717) is 24.4 Å². The minimum Gasteiger partial charge on any atom is -0.478 e. The topological polar surface area (TPSA) is 163 Å². The molecule has 0 spiro atoms. The number of nitrogens with zero attached hydrogens (tertiary/aromatic N) is 1. The van der Waals surface area contributed by atoms with Crippen LogP contribution in [0.1, 0.15) is 11.3 Å². The summed E-state index contributed by atoms with van der Waals surface area (Å²) < 4.78 is 0. The van der Waals surface area contributed by atoms with Gasteiger partial charge in [0.2, 0.25) is 0 Å². The van der Waals surface area contributed by atoms with E-state index in [1.54, 1.807) is 12.3 Å². The maximum Gasteiger partial charge on any atom is 0.328 e. The summed E-state index contributed by atoms with van der Waals surface area (Å²) in [5, 5.41) is 22.7. The molecule has 0 fully saturated rings. The number of carboxylic acid groups (broad SMARTS) is 2.